The minimum atomic E-state index is -4.60. The van der Waals surface area contributed by atoms with Gasteiger partial charge in [-0.25, -0.2) is 0 Å². The predicted octanol–water partition coefficient (Wildman–Crippen LogP) is 8.20. The Bertz CT molecular complexity index is 1810. The van der Waals surface area contributed by atoms with Crippen molar-refractivity contribution in [3.8, 4) is 11.5 Å². The molecule has 0 spiro atoms. The highest BCUT2D eigenvalue weighted by molar-refractivity contribution is 6.05. The number of carbonyl (C=O) groups is 2. The molecule has 272 valence electrons. The zero-order valence-electron chi connectivity index (χ0n) is 27.9. The largest absolute Gasteiger partial charge is 0.497 e. The third-order valence-electron chi connectivity index (χ3n) is 7.62. The summed E-state index contributed by atoms with van der Waals surface area (Å²) in [5.41, 5.74) is -0.951. The summed E-state index contributed by atoms with van der Waals surface area (Å²) in [6.45, 7) is 1.67. The van der Waals surface area contributed by atoms with Crippen LogP contribution in [0.4, 0.5) is 49.1 Å². The second kappa shape index (κ2) is 17.0. The minimum Gasteiger partial charge on any atom is -0.497 e. The number of benzene rings is 4. The van der Waals surface area contributed by atoms with Crippen LogP contribution in [0.2, 0.25) is 0 Å². The van der Waals surface area contributed by atoms with Crippen LogP contribution in [-0.2, 0) is 17.1 Å². The van der Waals surface area contributed by atoms with E-state index in [1.165, 1.54) is 45.6 Å². The predicted molar refractivity (Wildman–Crippen MR) is 182 cm³/mol. The van der Waals surface area contributed by atoms with Crippen molar-refractivity contribution >= 4 is 34.6 Å². The van der Waals surface area contributed by atoms with E-state index in [1.807, 2.05) is 0 Å². The lowest BCUT2D eigenvalue weighted by Gasteiger charge is -2.35. The summed E-state index contributed by atoms with van der Waals surface area (Å²) < 4.78 is 94.9. The molecule has 5 rings (SSSR count). The Balaban J connectivity index is 0.000000229. The van der Waals surface area contributed by atoms with Crippen molar-refractivity contribution in [2.24, 2.45) is 0 Å². The fourth-order valence-corrected chi connectivity index (χ4v) is 4.91. The topological polar surface area (TPSA) is 101 Å². The van der Waals surface area contributed by atoms with Gasteiger partial charge in [-0.05, 0) is 67.1 Å². The Hall–Kier alpha value is -5.44. The average Bonchev–Trinajstić information content (AvgIpc) is 3.07. The maximum absolute atomic E-state index is 13.4. The first-order valence-corrected chi connectivity index (χ1v) is 15.5. The van der Waals surface area contributed by atoms with E-state index in [2.05, 4.69) is 16.0 Å². The summed E-state index contributed by atoms with van der Waals surface area (Å²) in [4.78, 5) is 26.3. The van der Waals surface area contributed by atoms with E-state index in [0.717, 1.165) is 18.6 Å². The van der Waals surface area contributed by atoms with Gasteiger partial charge in [-0.1, -0.05) is 12.1 Å². The molecule has 15 heteroatoms. The lowest BCUT2D eigenvalue weighted by atomic mass is 10.0. The number of ether oxygens (including phenoxy) is 3. The summed E-state index contributed by atoms with van der Waals surface area (Å²) >= 11 is 0. The number of halogens is 6. The fraction of sp³-hybridized carbons (Fsp3) is 0.278. The highest BCUT2D eigenvalue weighted by Crippen LogP contribution is 2.39. The number of hydrogen-bond acceptors (Lipinski definition) is 7. The number of nitrogens with zero attached hydrogens (tertiary/aromatic N) is 1. The van der Waals surface area contributed by atoms with Crippen LogP contribution in [-0.4, -0.2) is 59.4 Å². The summed E-state index contributed by atoms with van der Waals surface area (Å²) in [7, 11) is 4.43. The summed E-state index contributed by atoms with van der Waals surface area (Å²) in [6, 6.07) is 20.2. The molecule has 0 saturated carbocycles. The molecule has 4 aromatic rings. The average molecular weight is 719 g/mol. The number of rotatable bonds is 11. The standard InChI is InChI=1S/C18H19F3N2O3.C18H17F3N2O2/c1-25-9-8-22-16-7-6-12(10-15(16)18(19,20)21)17(24)23-13-4-3-5-14(11-13)26-2;1-25-14-5-2-4-13(11-14)22-17(24)12-6-7-16(23-8-3-9-23)15(10-12)18(19,20)21/h3-7,10-11,22H,8-9H2,1-2H3,(H,23,24);2,4-7,10-11H,3,8-9H2,1H3,(H,22,24). The molecule has 3 N–H and O–H groups in total. The van der Waals surface area contributed by atoms with Gasteiger partial charge in [0.25, 0.3) is 11.8 Å². The first-order chi connectivity index (χ1) is 24.2. The van der Waals surface area contributed by atoms with Crippen molar-refractivity contribution in [1.82, 2.24) is 0 Å². The van der Waals surface area contributed by atoms with Gasteiger partial charge >= 0.3 is 12.4 Å². The molecule has 0 unspecified atom stereocenters. The van der Waals surface area contributed by atoms with Gasteiger partial charge in [0, 0.05) is 72.8 Å². The number of amides is 2. The number of methoxy groups -OCH3 is 3. The maximum atomic E-state index is 13.4. The molecule has 2 amide bonds. The van der Waals surface area contributed by atoms with Gasteiger partial charge in [-0.2, -0.15) is 26.3 Å². The number of carbonyl (C=O) groups excluding carboxylic acids is 2. The van der Waals surface area contributed by atoms with Crippen LogP contribution in [0, 0.1) is 0 Å². The molecule has 0 radical (unpaired) electrons. The highest BCUT2D eigenvalue weighted by Gasteiger charge is 2.37. The smallest absolute Gasteiger partial charge is 0.418 e. The van der Waals surface area contributed by atoms with E-state index >= 15 is 0 Å². The second-order valence-electron chi connectivity index (χ2n) is 11.1. The second-order valence-corrected chi connectivity index (χ2v) is 11.1. The molecule has 1 fully saturated rings. The first-order valence-electron chi connectivity index (χ1n) is 15.5. The quantitative estimate of drug-likeness (QED) is 0.106. The van der Waals surface area contributed by atoms with Crippen LogP contribution in [0.25, 0.3) is 0 Å². The molecule has 1 aliphatic rings. The van der Waals surface area contributed by atoms with Crippen molar-refractivity contribution in [2.75, 3.05) is 68.4 Å². The van der Waals surface area contributed by atoms with E-state index in [0.29, 0.717) is 36.0 Å². The molecule has 0 bridgehead atoms. The van der Waals surface area contributed by atoms with Crippen LogP contribution in [0.3, 0.4) is 0 Å². The number of hydrogen-bond donors (Lipinski definition) is 3. The molecular weight excluding hydrogens is 682 g/mol. The van der Waals surface area contributed by atoms with Gasteiger partial charge in [-0.3, -0.25) is 9.59 Å². The third kappa shape index (κ3) is 10.5. The van der Waals surface area contributed by atoms with Crippen LogP contribution < -0.4 is 30.3 Å². The highest BCUT2D eigenvalue weighted by atomic mass is 19.4. The van der Waals surface area contributed by atoms with Gasteiger partial charge < -0.3 is 35.1 Å². The van der Waals surface area contributed by atoms with E-state index in [-0.39, 0.29) is 35.7 Å². The lowest BCUT2D eigenvalue weighted by Crippen LogP contribution is -2.38. The number of alkyl halides is 6. The van der Waals surface area contributed by atoms with Crippen molar-refractivity contribution in [2.45, 2.75) is 18.8 Å². The molecule has 1 saturated heterocycles. The zero-order chi connectivity index (χ0) is 37.2. The van der Waals surface area contributed by atoms with Crippen LogP contribution in [0.1, 0.15) is 38.3 Å². The first kappa shape index (κ1) is 38.4. The van der Waals surface area contributed by atoms with E-state index < -0.39 is 35.3 Å². The maximum Gasteiger partial charge on any atom is 0.418 e. The van der Waals surface area contributed by atoms with E-state index in [4.69, 9.17) is 14.2 Å². The van der Waals surface area contributed by atoms with Gasteiger partial charge in [0.05, 0.1) is 32.0 Å². The molecule has 0 aliphatic carbocycles. The zero-order valence-corrected chi connectivity index (χ0v) is 27.9. The molecule has 9 nitrogen and oxygen atoms in total. The molecule has 0 aromatic heterocycles. The Morgan fingerprint density at radius 3 is 1.65 bits per heavy atom. The minimum absolute atomic E-state index is 0.0422. The van der Waals surface area contributed by atoms with E-state index in [9.17, 15) is 35.9 Å². The third-order valence-corrected chi connectivity index (χ3v) is 7.62. The Labute approximate surface area is 290 Å². The van der Waals surface area contributed by atoms with Gasteiger partial charge in [-0.15, -0.1) is 0 Å². The fourth-order valence-electron chi connectivity index (χ4n) is 4.91. The number of anilines is 4. The molecule has 1 heterocycles. The molecule has 4 aromatic carbocycles. The van der Waals surface area contributed by atoms with Crippen molar-refractivity contribution in [3.05, 3.63) is 107 Å². The Morgan fingerprint density at radius 2 is 1.20 bits per heavy atom. The van der Waals surface area contributed by atoms with Gasteiger partial charge in [0.2, 0.25) is 0 Å². The summed E-state index contributed by atoms with van der Waals surface area (Å²) in [5.74, 6) is -0.181. The molecular formula is C36H36F6N4O5. The molecule has 51 heavy (non-hydrogen) atoms. The monoisotopic (exact) mass is 718 g/mol. The molecule has 0 atom stereocenters. The Morgan fingerprint density at radius 1 is 0.686 bits per heavy atom. The lowest BCUT2D eigenvalue weighted by molar-refractivity contribution is -0.137. The summed E-state index contributed by atoms with van der Waals surface area (Å²) in [5, 5.41) is 7.80. The van der Waals surface area contributed by atoms with Crippen molar-refractivity contribution in [3.63, 3.8) is 0 Å². The normalized spacial score (nSPS) is 12.5. The van der Waals surface area contributed by atoms with Gasteiger partial charge in [0.15, 0.2) is 0 Å². The number of nitrogens with one attached hydrogen (secondary N) is 3. The van der Waals surface area contributed by atoms with E-state index in [1.54, 1.807) is 53.4 Å². The van der Waals surface area contributed by atoms with Crippen LogP contribution in [0.5, 0.6) is 11.5 Å². The van der Waals surface area contributed by atoms with Crippen LogP contribution in [0.15, 0.2) is 84.9 Å². The van der Waals surface area contributed by atoms with Crippen molar-refractivity contribution in [1.29, 1.82) is 0 Å². The molecule has 1 aliphatic heterocycles. The van der Waals surface area contributed by atoms with Gasteiger partial charge in [0.1, 0.15) is 11.5 Å². The SMILES string of the molecule is COCCNc1ccc(C(=O)Nc2cccc(OC)c2)cc1C(F)(F)F.COc1cccc(NC(=O)c2ccc(N3CCC3)c(C(F)(F)F)c2)c1. The van der Waals surface area contributed by atoms with Crippen molar-refractivity contribution < 1.29 is 50.1 Å². The summed E-state index contributed by atoms with van der Waals surface area (Å²) in [6.07, 6.45) is -8.24. The van der Waals surface area contributed by atoms with Crippen LogP contribution >= 0.6 is 0 Å². The Kier molecular flexibility index (Phi) is 12.8.